The first-order valence-electron chi connectivity index (χ1n) is 8.78. The van der Waals surface area contributed by atoms with E-state index in [1.807, 2.05) is 18.6 Å². The van der Waals surface area contributed by atoms with Crippen molar-refractivity contribution in [3.63, 3.8) is 0 Å². The monoisotopic (exact) mass is 332 g/mol. The van der Waals surface area contributed by atoms with Gasteiger partial charge in [0, 0.05) is 31.0 Å². The third-order valence-corrected chi connectivity index (χ3v) is 4.74. The number of imidazole rings is 1. The van der Waals surface area contributed by atoms with Gasteiger partial charge >= 0.3 is 0 Å². The maximum absolute atomic E-state index is 11.1. The van der Waals surface area contributed by atoms with Gasteiger partial charge in [0.15, 0.2) is 0 Å². The molecule has 0 amide bonds. The molecule has 1 aliphatic heterocycles. The van der Waals surface area contributed by atoms with E-state index in [4.69, 9.17) is 0 Å². The van der Waals surface area contributed by atoms with E-state index >= 15 is 0 Å². The Hall–Kier alpha value is -1.73. The van der Waals surface area contributed by atoms with Gasteiger partial charge in [0.1, 0.15) is 17.1 Å². The number of aliphatic hydroxyl groups is 1. The molecule has 24 heavy (non-hydrogen) atoms. The van der Waals surface area contributed by atoms with E-state index in [1.54, 1.807) is 4.68 Å². The average molecular weight is 332 g/mol. The van der Waals surface area contributed by atoms with Gasteiger partial charge in [0.25, 0.3) is 0 Å². The summed E-state index contributed by atoms with van der Waals surface area (Å²) in [7, 11) is 0. The summed E-state index contributed by atoms with van der Waals surface area (Å²) in [6.07, 6.45) is 7.40. The molecule has 2 aromatic rings. The molecule has 0 aromatic carbocycles. The Morgan fingerprint density at radius 2 is 2.04 bits per heavy atom. The van der Waals surface area contributed by atoms with E-state index in [9.17, 15) is 5.11 Å². The predicted molar refractivity (Wildman–Crippen MR) is 91.4 cm³/mol. The second-order valence-corrected chi connectivity index (χ2v) is 7.37. The van der Waals surface area contributed by atoms with Gasteiger partial charge in [-0.15, -0.1) is 5.10 Å². The Morgan fingerprint density at radius 3 is 2.71 bits per heavy atom. The van der Waals surface area contributed by atoms with E-state index in [0.29, 0.717) is 18.3 Å². The average Bonchev–Trinajstić information content (AvgIpc) is 3.16. The minimum absolute atomic E-state index is 0.244. The lowest BCUT2D eigenvalue weighted by molar-refractivity contribution is -0.0423. The number of hydrogen-bond acceptors (Lipinski definition) is 5. The fourth-order valence-electron chi connectivity index (χ4n) is 3.35. The first-order valence-corrected chi connectivity index (χ1v) is 8.78. The molecule has 1 unspecified atom stereocenters. The number of piperidine rings is 1. The molecule has 1 saturated heterocycles. The van der Waals surface area contributed by atoms with Crippen molar-refractivity contribution in [2.45, 2.75) is 64.8 Å². The van der Waals surface area contributed by atoms with Crippen LogP contribution in [0, 0.1) is 0 Å². The minimum Gasteiger partial charge on any atom is -0.382 e. The molecule has 1 aliphatic rings. The predicted octanol–water partition coefficient (Wildman–Crippen LogP) is 2.12. The molecule has 132 valence electrons. The Labute approximate surface area is 143 Å². The smallest absolute Gasteiger partial charge is 0.123 e. The Kier molecular flexibility index (Phi) is 4.73. The zero-order valence-electron chi connectivity index (χ0n) is 15.1. The van der Waals surface area contributed by atoms with E-state index < -0.39 is 5.60 Å². The molecular weight excluding hydrogens is 304 g/mol. The fourth-order valence-corrected chi connectivity index (χ4v) is 3.35. The van der Waals surface area contributed by atoms with Crippen LogP contribution in [0.2, 0.25) is 0 Å². The topological polar surface area (TPSA) is 72.0 Å². The van der Waals surface area contributed by atoms with Crippen LogP contribution >= 0.6 is 0 Å². The van der Waals surface area contributed by atoms with Crippen molar-refractivity contribution in [3.8, 4) is 0 Å². The number of rotatable bonds is 5. The third kappa shape index (κ3) is 3.37. The highest BCUT2D eigenvalue weighted by molar-refractivity contribution is 5.10. The van der Waals surface area contributed by atoms with Crippen molar-refractivity contribution in [2.75, 3.05) is 13.1 Å². The van der Waals surface area contributed by atoms with Crippen LogP contribution in [0.1, 0.15) is 64.1 Å². The van der Waals surface area contributed by atoms with Crippen LogP contribution in [0.25, 0.3) is 0 Å². The molecule has 3 rings (SSSR count). The first kappa shape index (κ1) is 17.1. The third-order valence-electron chi connectivity index (χ3n) is 4.74. The molecule has 1 N–H and O–H groups in total. The van der Waals surface area contributed by atoms with Crippen LogP contribution in [0.3, 0.4) is 0 Å². The van der Waals surface area contributed by atoms with Gasteiger partial charge in [-0.1, -0.05) is 5.21 Å². The SMILES string of the molecule is CC(C)n1cc(C2(O)CCCN(Cc3nccn3C(C)C)C2)nn1. The van der Waals surface area contributed by atoms with Crippen LogP contribution in [0.5, 0.6) is 0 Å². The normalized spacial score (nSPS) is 22.6. The quantitative estimate of drug-likeness (QED) is 0.908. The van der Waals surface area contributed by atoms with Gasteiger partial charge in [-0.3, -0.25) is 4.90 Å². The zero-order valence-corrected chi connectivity index (χ0v) is 15.1. The van der Waals surface area contributed by atoms with E-state index in [0.717, 1.165) is 31.8 Å². The molecular formula is C17H28N6O. The lowest BCUT2D eigenvalue weighted by Gasteiger charge is -2.37. The van der Waals surface area contributed by atoms with Crippen LogP contribution in [-0.2, 0) is 12.1 Å². The summed E-state index contributed by atoms with van der Waals surface area (Å²) in [5, 5.41) is 19.5. The molecule has 3 heterocycles. The van der Waals surface area contributed by atoms with Crippen molar-refractivity contribution in [3.05, 3.63) is 30.1 Å². The van der Waals surface area contributed by atoms with Gasteiger partial charge in [-0.25, -0.2) is 9.67 Å². The molecule has 0 bridgehead atoms. The molecule has 1 fully saturated rings. The number of β-amino-alcohol motifs (C(OH)–C–C–N with tert-alkyl or cyclic N) is 1. The van der Waals surface area contributed by atoms with Crippen LogP contribution in [0.15, 0.2) is 18.6 Å². The summed E-state index contributed by atoms with van der Waals surface area (Å²) in [5.41, 5.74) is -0.256. The second kappa shape index (κ2) is 6.64. The lowest BCUT2D eigenvalue weighted by Crippen LogP contribution is -2.46. The maximum Gasteiger partial charge on any atom is 0.123 e. The second-order valence-electron chi connectivity index (χ2n) is 7.37. The van der Waals surface area contributed by atoms with E-state index in [-0.39, 0.29) is 6.04 Å². The first-order chi connectivity index (χ1) is 11.4. The lowest BCUT2D eigenvalue weighted by atomic mass is 9.90. The summed E-state index contributed by atoms with van der Waals surface area (Å²) in [5.74, 6) is 1.04. The molecule has 1 atom stereocenters. The van der Waals surface area contributed by atoms with Gasteiger partial charge in [0.2, 0.25) is 0 Å². The van der Waals surface area contributed by atoms with Crippen LogP contribution in [-0.4, -0.2) is 47.6 Å². The fraction of sp³-hybridized carbons (Fsp3) is 0.706. The molecule has 0 aliphatic carbocycles. The summed E-state index contributed by atoms with van der Waals surface area (Å²) in [6.45, 7) is 10.7. The number of aromatic nitrogens is 5. The Balaban J connectivity index is 1.74. The van der Waals surface area contributed by atoms with E-state index in [2.05, 4.69) is 52.5 Å². The van der Waals surface area contributed by atoms with Crippen molar-refractivity contribution >= 4 is 0 Å². The van der Waals surface area contributed by atoms with Crippen LogP contribution in [0.4, 0.5) is 0 Å². The number of hydrogen-bond donors (Lipinski definition) is 1. The number of nitrogens with zero attached hydrogens (tertiary/aromatic N) is 6. The minimum atomic E-state index is -0.930. The Morgan fingerprint density at radius 1 is 1.25 bits per heavy atom. The number of likely N-dealkylation sites (tertiary alicyclic amines) is 1. The molecule has 7 heteroatoms. The van der Waals surface area contributed by atoms with Gasteiger partial charge < -0.3 is 9.67 Å². The van der Waals surface area contributed by atoms with Crippen molar-refractivity contribution < 1.29 is 5.11 Å². The Bertz CT molecular complexity index is 676. The highest BCUT2D eigenvalue weighted by Gasteiger charge is 2.38. The van der Waals surface area contributed by atoms with Crippen molar-refractivity contribution in [2.24, 2.45) is 0 Å². The summed E-state index contributed by atoms with van der Waals surface area (Å²) in [4.78, 5) is 6.75. The summed E-state index contributed by atoms with van der Waals surface area (Å²) < 4.78 is 3.99. The largest absolute Gasteiger partial charge is 0.382 e. The standard InChI is InChI=1S/C17H28N6O/c1-13(2)22-9-7-18-16(22)11-21-8-5-6-17(24,12-21)15-10-23(14(3)4)20-19-15/h7,9-10,13-14,24H,5-6,8,11-12H2,1-4H3. The molecule has 7 nitrogen and oxygen atoms in total. The van der Waals surface area contributed by atoms with Crippen molar-refractivity contribution in [1.82, 2.24) is 29.4 Å². The molecule has 0 radical (unpaired) electrons. The van der Waals surface area contributed by atoms with Crippen molar-refractivity contribution in [1.29, 1.82) is 0 Å². The zero-order chi connectivity index (χ0) is 17.3. The highest BCUT2D eigenvalue weighted by Crippen LogP contribution is 2.31. The highest BCUT2D eigenvalue weighted by atomic mass is 16.3. The van der Waals surface area contributed by atoms with Gasteiger partial charge in [0.05, 0.1) is 12.7 Å². The summed E-state index contributed by atoms with van der Waals surface area (Å²) in [6, 6.07) is 0.630. The molecule has 2 aromatic heterocycles. The maximum atomic E-state index is 11.1. The molecule has 0 saturated carbocycles. The summed E-state index contributed by atoms with van der Waals surface area (Å²) >= 11 is 0. The van der Waals surface area contributed by atoms with E-state index in [1.165, 1.54) is 0 Å². The van der Waals surface area contributed by atoms with Crippen LogP contribution < -0.4 is 0 Å². The molecule has 0 spiro atoms. The van der Waals surface area contributed by atoms with Gasteiger partial charge in [-0.05, 0) is 47.1 Å². The van der Waals surface area contributed by atoms with Gasteiger partial charge in [-0.2, -0.15) is 0 Å².